The predicted octanol–water partition coefficient (Wildman–Crippen LogP) is 2.57. The summed E-state index contributed by atoms with van der Waals surface area (Å²) < 4.78 is 10.9. The number of nitrogens with zero attached hydrogens (tertiary/aromatic N) is 3. The molecule has 3 heterocycles. The fraction of sp³-hybridized carbons (Fsp3) is 0.231. The van der Waals surface area contributed by atoms with Crippen molar-refractivity contribution in [3.63, 3.8) is 0 Å². The summed E-state index contributed by atoms with van der Waals surface area (Å²) in [6.45, 7) is 0.168. The van der Waals surface area contributed by atoms with E-state index in [1.165, 1.54) is 19.1 Å². The summed E-state index contributed by atoms with van der Waals surface area (Å²) in [5.74, 6) is -0.250. The average molecular weight is 473 g/mol. The Morgan fingerprint density at radius 3 is 2.54 bits per heavy atom. The van der Waals surface area contributed by atoms with Gasteiger partial charge in [-0.2, -0.15) is 0 Å². The van der Waals surface area contributed by atoms with Crippen molar-refractivity contribution in [2.75, 3.05) is 32.2 Å². The Kier molecular flexibility index (Phi) is 5.82. The number of ether oxygens (including phenoxy) is 2. The van der Waals surface area contributed by atoms with Crippen LogP contribution in [0.4, 0.5) is 5.69 Å². The van der Waals surface area contributed by atoms with Crippen molar-refractivity contribution >= 4 is 23.4 Å². The van der Waals surface area contributed by atoms with Crippen molar-refractivity contribution in [3.05, 3.63) is 83.2 Å². The highest BCUT2D eigenvalue weighted by Gasteiger charge is 2.50. The predicted molar refractivity (Wildman–Crippen MR) is 128 cm³/mol. The lowest BCUT2D eigenvalue weighted by Gasteiger charge is -2.40. The highest BCUT2D eigenvalue weighted by atomic mass is 16.5. The van der Waals surface area contributed by atoms with Crippen LogP contribution < -0.4 is 19.7 Å². The molecule has 2 aliphatic heterocycles. The molecule has 1 atom stereocenters. The second-order valence-corrected chi connectivity index (χ2v) is 8.19. The van der Waals surface area contributed by atoms with E-state index in [1.54, 1.807) is 47.5 Å². The normalized spacial score (nSPS) is 15.9. The van der Waals surface area contributed by atoms with E-state index in [0.29, 0.717) is 46.8 Å². The number of benzene rings is 2. The van der Waals surface area contributed by atoms with E-state index in [1.807, 2.05) is 18.2 Å². The van der Waals surface area contributed by atoms with Gasteiger partial charge < -0.3 is 19.7 Å². The second kappa shape index (κ2) is 9.09. The molecule has 3 aromatic rings. The first-order valence-corrected chi connectivity index (χ1v) is 11.2. The fourth-order valence-corrected chi connectivity index (χ4v) is 4.67. The molecule has 0 saturated carbocycles. The second-order valence-electron chi connectivity index (χ2n) is 8.19. The van der Waals surface area contributed by atoms with E-state index in [9.17, 15) is 14.4 Å². The Morgan fingerprint density at radius 1 is 1.00 bits per heavy atom. The number of hydrogen-bond acceptors (Lipinski definition) is 6. The van der Waals surface area contributed by atoms with E-state index in [-0.39, 0.29) is 24.3 Å². The molecule has 0 spiro atoms. The summed E-state index contributed by atoms with van der Waals surface area (Å²) in [5, 5.41) is 2.86. The molecule has 2 aliphatic rings. The van der Waals surface area contributed by atoms with Crippen LogP contribution in [0, 0.1) is 0 Å². The van der Waals surface area contributed by atoms with Gasteiger partial charge in [-0.15, -0.1) is 0 Å². The third kappa shape index (κ3) is 3.74. The van der Waals surface area contributed by atoms with Gasteiger partial charge in [0.05, 0.1) is 31.0 Å². The number of pyridine rings is 1. The summed E-state index contributed by atoms with van der Waals surface area (Å²) in [6, 6.07) is 16.0. The highest BCUT2D eigenvalue weighted by Crippen LogP contribution is 2.49. The van der Waals surface area contributed by atoms with Gasteiger partial charge in [-0.25, -0.2) is 0 Å². The number of aromatic nitrogens is 1. The Morgan fingerprint density at radius 2 is 1.80 bits per heavy atom. The zero-order valence-electron chi connectivity index (χ0n) is 19.4. The number of nitrogens with one attached hydrogen (secondary N) is 1. The SMILES string of the molecule is COc1ccc2c(c1OC)C(=O)N1c3ccccc3C(=O)N(CC(=O)NCCc3ccccn3)[C@H]21. The molecule has 9 heteroatoms. The van der Waals surface area contributed by atoms with E-state index in [0.717, 1.165) is 5.69 Å². The minimum atomic E-state index is -0.777. The van der Waals surface area contributed by atoms with Gasteiger partial charge in [-0.05, 0) is 30.3 Å². The van der Waals surface area contributed by atoms with Crippen LogP contribution in [-0.4, -0.2) is 54.9 Å². The number of anilines is 1. The van der Waals surface area contributed by atoms with Gasteiger partial charge in [0.15, 0.2) is 11.5 Å². The lowest BCUT2D eigenvalue weighted by molar-refractivity contribution is -0.122. The Hall–Kier alpha value is -4.40. The molecule has 1 N–H and O–H groups in total. The summed E-state index contributed by atoms with van der Waals surface area (Å²) in [5.41, 5.74) is 2.62. The van der Waals surface area contributed by atoms with Gasteiger partial charge in [0, 0.05) is 30.4 Å². The summed E-state index contributed by atoms with van der Waals surface area (Å²) in [6.07, 6.45) is 1.49. The topological polar surface area (TPSA) is 101 Å². The van der Waals surface area contributed by atoms with Crippen molar-refractivity contribution in [2.45, 2.75) is 12.6 Å². The number of amides is 3. The molecule has 2 aromatic carbocycles. The molecule has 0 radical (unpaired) electrons. The zero-order chi connectivity index (χ0) is 24.5. The molecule has 3 amide bonds. The van der Waals surface area contributed by atoms with Crippen LogP contribution in [-0.2, 0) is 11.2 Å². The zero-order valence-corrected chi connectivity index (χ0v) is 19.4. The Bertz CT molecular complexity index is 1310. The summed E-state index contributed by atoms with van der Waals surface area (Å²) in [7, 11) is 2.96. The Balaban J connectivity index is 1.47. The van der Waals surface area contributed by atoms with Crippen molar-refractivity contribution in [2.24, 2.45) is 0 Å². The highest BCUT2D eigenvalue weighted by molar-refractivity contribution is 6.18. The minimum Gasteiger partial charge on any atom is -0.493 e. The molecule has 178 valence electrons. The standard InChI is InChI=1S/C26H24N4O5/c1-34-20-11-10-18-22(23(20)35-2)26(33)30-19-9-4-3-8-17(19)25(32)29(24(18)30)15-21(31)28-14-12-16-7-5-6-13-27-16/h3-11,13,24H,12,14-15H2,1-2H3,(H,28,31)/t24-/m0/s1. The van der Waals surface area contributed by atoms with Gasteiger partial charge in [-0.1, -0.05) is 24.3 Å². The third-order valence-corrected chi connectivity index (χ3v) is 6.23. The quantitative estimate of drug-likeness (QED) is 0.567. The summed E-state index contributed by atoms with van der Waals surface area (Å²) >= 11 is 0. The van der Waals surface area contributed by atoms with E-state index < -0.39 is 6.17 Å². The Labute approximate surface area is 202 Å². The minimum absolute atomic E-state index is 0.211. The molecule has 1 aromatic heterocycles. The molecular weight excluding hydrogens is 448 g/mol. The molecule has 9 nitrogen and oxygen atoms in total. The molecule has 0 saturated heterocycles. The molecule has 35 heavy (non-hydrogen) atoms. The van der Waals surface area contributed by atoms with Crippen molar-refractivity contribution < 1.29 is 23.9 Å². The van der Waals surface area contributed by atoms with E-state index >= 15 is 0 Å². The maximum atomic E-state index is 13.7. The summed E-state index contributed by atoms with van der Waals surface area (Å²) in [4.78, 5) is 47.3. The molecule has 0 fully saturated rings. The van der Waals surface area contributed by atoms with E-state index in [4.69, 9.17) is 9.47 Å². The van der Waals surface area contributed by atoms with Gasteiger partial charge in [0.25, 0.3) is 11.8 Å². The molecular formula is C26H24N4O5. The number of methoxy groups -OCH3 is 2. The first kappa shape index (κ1) is 22.4. The fourth-order valence-electron chi connectivity index (χ4n) is 4.67. The lowest BCUT2D eigenvalue weighted by Crippen LogP contribution is -2.51. The van der Waals surface area contributed by atoms with Crippen LogP contribution in [0.5, 0.6) is 11.5 Å². The molecule has 0 unspecified atom stereocenters. The maximum Gasteiger partial charge on any atom is 0.264 e. The lowest BCUT2D eigenvalue weighted by atomic mass is 10.0. The van der Waals surface area contributed by atoms with Crippen molar-refractivity contribution in [1.29, 1.82) is 0 Å². The van der Waals surface area contributed by atoms with Crippen LogP contribution in [0.3, 0.4) is 0 Å². The maximum absolute atomic E-state index is 13.7. The average Bonchev–Trinajstić information content (AvgIpc) is 3.19. The van der Waals surface area contributed by atoms with Gasteiger partial charge in [0.2, 0.25) is 5.91 Å². The van der Waals surface area contributed by atoms with Crippen LogP contribution in [0.1, 0.15) is 38.1 Å². The third-order valence-electron chi connectivity index (χ3n) is 6.23. The molecule has 0 bridgehead atoms. The number of carbonyl (C=O) groups excluding carboxylic acids is 3. The largest absolute Gasteiger partial charge is 0.493 e. The number of hydrogen-bond donors (Lipinski definition) is 1. The molecule has 5 rings (SSSR count). The van der Waals surface area contributed by atoms with Gasteiger partial charge >= 0.3 is 0 Å². The number of carbonyl (C=O) groups is 3. The first-order valence-electron chi connectivity index (χ1n) is 11.2. The smallest absolute Gasteiger partial charge is 0.264 e. The van der Waals surface area contributed by atoms with Crippen molar-refractivity contribution in [3.8, 4) is 11.5 Å². The first-order chi connectivity index (χ1) is 17.0. The van der Waals surface area contributed by atoms with Crippen molar-refractivity contribution in [1.82, 2.24) is 15.2 Å². The van der Waals surface area contributed by atoms with Crippen LogP contribution in [0.25, 0.3) is 0 Å². The van der Waals surface area contributed by atoms with Crippen LogP contribution >= 0.6 is 0 Å². The number of fused-ring (bicyclic) bond motifs is 5. The molecule has 0 aliphatic carbocycles. The van der Waals surface area contributed by atoms with E-state index in [2.05, 4.69) is 10.3 Å². The number of para-hydroxylation sites is 1. The van der Waals surface area contributed by atoms with Gasteiger partial charge in [0.1, 0.15) is 12.7 Å². The van der Waals surface area contributed by atoms with Gasteiger partial charge in [-0.3, -0.25) is 24.3 Å². The monoisotopic (exact) mass is 472 g/mol. The van der Waals surface area contributed by atoms with Crippen LogP contribution in [0.2, 0.25) is 0 Å². The van der Waals surface area contributed by atoms with Crippen LogP contribution in [0.15, 0.2) is 60.8 Å². The number of rotatable bonds is 7.